The fourth-order valence-electron chi connectivity index (χ4n) is 1.81. The summed E-state index contributed by atoms with van der Waals surface area (Å²) in [5.74, 6) is 0.222. The Morgan fingerprint density at radius 2 is 1.76 bits per heavy atom. The van der Waals surface area contributed by atoms with Gasteiger partial charge in [0.05, 0.1) is 5.75 Å². The molecule has 1 atom stereocenters. The topological polar surface area (TPSA) is 58.2 Å². The van der Waals surface area contributed by atoms with Crippen molar-refractivity contribution in [3.8, 4) is 0 Å². The first-order chi connectivity index (χ1) is 8.05. The SMILES string of the molecule is CCCCC(CCC)NS(=O)(=O)CCCNC. The second kappa shape index (κ2) is 9.85. The fraction of sp³-hybridized carbons (Fsp3) is 1.00. The van der Waals surface area contributed by atoms with Crippen molar-refractivity contribution in [3.05, 3.63) is 0 Å². The molecule has 0 aromatic carbocycles. The summed E-state index contributed by atoms with van der Waals surface area (Å²) in [5, 5.41) is 2.96. The molecule has 0 aliphatic rings. The van der Waals surface area contributed by atoms with Crippen LogP contribution in [0.3, 0.4) is 0 Å². The number of nitrogens with one attached hydrogen (secondary N) is 2. The molecule has 0 saturated carbocycles. The summed E-state index contributed by atoms with van der Waals surface area (Å²) in [7, 11) is -1.26. The Kier molecular flexibility index (Phi) is 9.78. The molecule has 5 heteroatoms. The molecule has 1 unspecified atom stereocenters. The van der Waals surface area contributed by atoms with Crippen LogP contribution in [-0.4, -0.2) is 33.8 Å². The third-order valence-corrected chi connectivity index (χ3v) is 4.25. The highest BCUT2D eigenvalue weighted by atomic mass is 32.2. The number of hydrogen-bond acceptors (Lipinski definition) is 3. The minimum absolute atomic E-state index is 0.125. The lowest BCUT2D eigenvalue weighted by Gasteiger charge is -2.17. The van der Waals surface area contributed by atoms with Crippen molar-refractivity contribution >= 4 is 10.0 Å². The van der Waals surface area contributed by atoms with E-state index in [2.05, 4.69) is 23.9 Å². The molecular weight excluding hydrogens is 236 g/mol. The molecule has 0 saturated heterocycles. The van der Waals surface area contributed by atoms with Gasteiger partial charge in [-0.25, -0.2) is 13.1 Å². The lowest BCUT2D eigenvalue weighted by atomic mass is 10.1. The van der Waals surface area contributed by atoms with Gasteiger partial charge in [0.15, 0.2) is 0 Å². The number of rotatable bonds is 11. The lowest BCUT2D eigenvalue weighted by molar-refractivity contribution is 0.482. The van der Waals surface area contributed by atoms with Gasteiger partial charge in [0, 0.05) is 6.04 Å². The van der Waals surface area contributed by atoms with Gasteiger partial charge >= 0.3 is 0 Å². The number of sulfonamides is 1. The van der Waals surface area contributed by atoms with Crippen LogP contribution in [0.4, 0.5) is 0 Å². The fourth-order valence-corrected chi connectivity index (χ4v) is 3.20. The third kappa shape index (κ3) is 9.56. The minimum atomic E-state index is -3.10. The third-order valence-electron chi connectivity index (χ3n) is 2.73. The van der Waals surface area contributed by atoms with Gasteiger partial charge in [0.25, 0.3) is 0 Å². The molecule has 17 heavy (non-hydrogen) atoms. The van der Waals surface area contributed by atoms with Crippen LogP contribution < -0.4 is 10.0 Å². The summed E-state index contributed by atoms with van der Waals surface area (Å²) in [5.41, 5.74) is 0. The maximum absolute atomic E-state index is 11.8. The van der Waals surface area contributed by atoms with Crippen LogP contribution in [0.5, 0.6) is 0 Å². The van der Waals surface area contributed by atoms with Crippen molar-refractivity contribution in [1.82, 2.24) is 10.0 Å². The van der Waals surface area contributed by atoms with Gasteiger partial charge in [0.2, 0.25) is 10.0 Å². The van der Waals surface area contributed by atoms with E-state index in [-0.39, 0.29) is 11.8 Å². The first-order valence-corrected chi connectivity index (χ1v) is 8.35. The zero-order chi connectivity index (χ0) is 13.1. The first-order valence-electron chi connectivity index (χ1n) is 6.70. The predicted molar refractivity (Wildman–Crippen MR) is 73.7 cm³/mol. The molecule has 104 valence electrons. The van der Waals surface area contributed by atoms with Crippen LogP contribution in [0.2, 0.25) is 0 Å². The Morgan fingerprint density at radius 1 is 1.06 bits per heavy atom. The second-order valence-electron chi connectivity index (χ2n) is 4.52. The normalized spacial score (nSPS) is 13.8. The average Bonchev–Trinajstić information content (AvgIpc) is 2.26. The van der Waals surface area contributed by atoms with E-state index in [0.717, 1.165) is 38.6 Å². The largest absolute Gasteiger partial charge is 0.320 e. The highest BCUT2D eigenvalue weighted by Crippen LogP contribution is 2.08. The average molecular weight is 264 g/mol. The summed E-state index contributed by atoms with van der Waals surface area (Å²) >= 11 is 0. The first kappa shape index (κ1) is 16.9. The maximum atomic E-state index is 11.8. The molecule has 0 amide bonds. The van der Waals surface area contributed by atoms with E-state index >= 15 is 0 Å². The van der Waals surface area contributed by atoms with E-state index < -0.39 is 10.0 Å². The van der Waals surface area contributed by atoms with Gasteiger partial charge < -0.3 is 5.32 Å². The van der Waals surface area contributed by atoms with Crippen molar-refractivity contribution < 1.29 is 8.42 Å². The van der Waals surface area contributed by atoms with Crippen molar-refractivity contribution in [1.29, 1.82) is 0 Å². The van der Waals surface area contributed by atoms with E-state index in [1.54, 1.807) is 0 Å². The van der Waals surface area contributed by atoms with Gasteiger partial charge in [-0.05, 0) is 32.9 Å². The summed E-state index contributed by atoms with van der Waals surface area (Å²) < 4.78 is 26.5. The maximum Gasteiger partial charge on any atom is 0.211 e. The van der Waals surface area contributed by atoms with E-state index in [0.29, 0.717) is 6.42 Å². The van der Waals surface area contributed by atoms with Gasteiger partial charge in [0.1, 0.15) is 0 Å². The van der Waals surface area contributed by atoms with E-state index in [9.17, 15) is 8.42 Å². The van der Waals surface area contributed by atoms with Gasteiger partial charge in [-0.15, -0.1) is 0 Å². The Bertz CT molecular complexity index is 266. The van der Waals surface area contributed by atoms with Crippen LogP contribution in [0, 0.1) is 0 Å². The van der Waals surface area contributed by atoms with Crippen molar-refractivity contribution in [3.63, 3.8) is 0 Å². The molecule has 0 aliphatic heterocycles. The van der Waals surface area contributed by atoms with E-state index in [4.69, 9.17) is 0 Å². The smallest absolute Gasteiger partial charge is 0.211 e. The summed E-state index contributed by atoms with van der Waals surface area (Å²) in [6.07, 6.45) is 5.78. The zero-order valence-corrected chi connectivity index (χ0v) is 12.3. The van der Waals surface area contributed by atoms with Crippen molar-refractivity contribution in [2.24, 2.45) is 0 Å². The molecule has 0 aliphatic carbocycles. The summed E-state index contributed by atoms with van der Waals surface area (Å²) in [4.78, 5) is 0. The molecule has 0 fully saturated rings. The van der Waals surface area contributed by atoms with Crippen LogP contribution >= 0.6 is 0 Å². The molecule has 0 aromatic rings. The Morgan fingerprint density at radius 3 is 2.29 bits per heavy atom. The second-order valence-corrected chi connectivity index (χ2v) is 6.40. The molecule has 2 N–H and O–H groups in total. The minimum Gasteiger partial charge on any atom is -0.320 e. The molecule has 4 nitrogen and oxygen atoms in total. The lowest BCUT2D eigenvalue weighted by Crippen LogP contribution is -2.36. The Labute approximate surface area is 107 Å². The highest BCUT2D eigenvalue weighted by molar-refractivity contribution is 7.89. The standard InChI is InChI=1S/C12H28N2O2S/c1-4-6-9-12(8-5-2)14-17(15,16)11-7-10-13-3/h12-14H,4-11H2,1-3H3. The molecule has 0 spiro atoms. The van der Waals surface area contributed by atoms with Crippen molar-refractivity contribution in [2.75, 3.05) is 19.3 Å². The van der Waals surface area contributed by atoms with E-state index in [1.165, 1.54) is 0 Å². The van der Waals surface area contributed by atoms with E-state index in [1.807, 2.05) is 7.05 Å². The van der Waals surface area contributed by atoms with Crippen LogP contribution in [0.25, 0.3) is 0 Å². The molecule has 0 rings (SSSR count). The number of unbranched alkanes of at least 4 members (excludes halogenated alkanes) is 1. The monoisotopic (exact) mass is 264 g/mol. The van der Waals surface area contributed by atoms with Crippen LogP contribution in [-0.2, 0) is 10.0 Å². The molecule has 0 heterocycles. The molecule has 0 aromatic heterocycles. The highest BCUT2D eigenvalue weighted by Gasteiger charge is 2.16. The summed E-state index contributed by atoms with van der Waals surface area (Å²) in [6, 6.07) is 0.125. The Balaban J connectivity index is 4.11. The Hall–Kier alpha value is -0.130. The van der Waals surface area contributed by atoms with Gasteiger partial charge in [-0.3, -0.25) is 0 Å². The predicted octanol–water partition coefficient (Wildman–Crippen LogP) is 1.87. The van der Waals surface area contributed by atoms with Gasteiger partial charge in [-0.1, -0.05) is 33.1 Å². The zero-order valence-electron chi connectivity index (χ0n) is 11.5. The van der Waals surface area contributed by atoms with Crippen LogP contribution in [0.1, 0.15) is 52.4 Å². The summed E-state index contributed by atoms with van der Waals surface area (Å²) in [6.45, 7) is 4.97. The number of hydrogen-bond donors (Lipinski definition) is 2. The molecular formula is C12H28N2O2S. The molecule has 0 radical (unpaired) electrons. The molecule has 0 bridgehead atoms. The quantitative estimate of drug-likeness (QED) is 0.560. The van der Waals surface area contributed by atoms with Crippen molar-refractivity contribution in [2.45, 2.75) is 58.4 Å². The van der Waals surface area contributed by atoms with Gasteiger partial charge in [-0.2, -0.15) is 0 Å². The van der Waals surface area contributed by atoms with Crippen LogP contribution in [0.15, 0.2) is 0 Å².